The molecule has 2 heterocycles. The number of carboxylic acids is 1. The van der Waals surface area contributed by atoms with Crippen LogP contribution < -0.4 is 0 Å². The first-order valence-corrected chi connectivity index (χ1v) is 7.65. The lowest BCUT2D eigenvalue weighted by Gasteiger charge is -2.36. The lowest BCUT2D eigenvalue weighted by atomic mass is 9.90. The number of aliphatic carboxylic acids is 1. The molecule has 3 atom stereocenters. The maximum atomic E-state index is 11.3. The molecule has 3 unspecified atom stereocenters. The van der Waals surface area contributed by atoms with Crippen LogP contribution in [0.15, 0.2) is 11.4 Å². The second kappa shape index (κ2) is 5.23. The number of carbonyl (C=O) groups is 1. The van der Waals surface area contributed by atoms with Gasteiger partial charge in [-0.3, -0.25) is 9.69 Å². The van der Waals surface area contributed by atoms with E-state index < -0.39 is 11.9 Å². The zero-order chi connectivity index (χ0) is 13.4. The minimum Gasteiger partial charge on any atom is -0.481 e. The Balaban J connectivity index is 1.81. The van der Waals surface area contributed by atoms with Gasteiger partial charge in [0.2, 0.25) is 0 Å². The van der Waals surface area contributed by atoms with Crippen LogP contribution in [0, 0.1) is 5.92 Å². The van der Waals surface area contributed by atoms with Crippen LogP contribution in [0.2, 0.25) is 0 Å². The molecule has 1 saturated heterocycles. The van der Waals surface area contributed by atoms with E-state index in [2.05, 4.69) is 16.3 Å². The summed E-state index contributed by atoms with van der Waals surface area (Å²) in [6.07, 6.45) is 3.47. The normalized spacial score (nSPS) is 30.5. The maximum absolute atomic E-state index is 11.3. The second-order valence-electron chi connectivity index (χ2n) is 5.42. The van der Waals surface area contributed by atoms with Gasteiger partial charge in [0.25, 0.3) is 0 Å². The highest BCUT2D eigenvalue weighted by Crippen LogP contribution is 2.38. The van der Waals surface area contributed by atoms with E-state index in [9.17, 15) is 9.90 Å². The van der Waals surface area contributed by atoms with Gasteiger partial charge in [0, 0.05) is 17.0 Å². The molecule has 0 saturated carbocycles. The highest BCUT2D eigenvalue weighted by Gasteiger charge is 2.40. The van der Waals surface area contributed by atoms with Crippen LogP contribution in [-0.4, -0.2) is 42.3 Å². The van der Waals surface area contributed by atoms with Crippen molar-refractivity contribution in [2.24, 2.45) is 5.92 Å². The Morgan fingerprint density at radius 1 is 1.53 bits per heavy atom. The average molecular weight is 281 g/mol. The number of ether oxygens (including phenoxy) is 1. The lowest BCUT2D eigenvalue weighted by molar-refractivity contribution is -0.143. The largest absolute Gasteiger partial charge is 0.481 e. The molecule has 0 radical (unpaired) electrons. The Labute approximate surface area is 117 Å². The number of nitrogens with zero attached hydrogens (tertiary/aromatic N) is 1. The molecule has 19 heavy (non-hydrogen) atoms. The number of thiophene rings is 1. The summed E-state index contributed by atoms with van der Waals surface area (Å²) in [5.41, 5.74) is 1.40. The third-order valence-corrected chi connectivity index (χ3v) is 5.40. The first kappa shape index (κ1) is 13.1. The van der Waals surface area contributed by atoms with Crippen molar-refractivity contribution < 1.29 is 14.6 Å². The number of rotatable bonds is 3. The van der Waals surface area contributed by atoms with E-state index in [0.29, 0.717) is 19.3 Å². The third-order valence-electron chi connectivity index (χ3n) is 4.40. The fourth-order valence-electron chi connectivity index (χ4n) is 3.30. The minimum absolute atomic E-state index is 0.00616. The Morgan fingerprint density at radius 3 is 3.16 bits per heavy atom. The number of likely N-dealkylation sites (N-methyl/N-ethyl adjacent to an activating group) is 1. The van der Waals surface area contributed by atoms with Crippen molar-refractivity contribution in [1.29, 1.82) is 0 Å². The molecule has 0 spiro atoms. The number of hydrogen-bond acceptors (Lipinski definition) is 4. The zero-order valence-corrected chi connectivity index (χ0v) is 11.9. The van der Waals surface area contributed by atoms with Crippen molar-refractivity contribution in [3.8, 4) is 0 Å². The standard InChI is InChI=1S/C14H19NO3S/c1-15(12-8-18-7-10(12)14(16)17)11-3-2-4-13-9(11)5-6-19-13/h5-6,10-12H,2-4,7-8H2,1H3,(H,16,17). The molecule has 5 heteroatoms. The van der Waals surface area contributed by atoms with E-state index in [1.807, 2.05) is 18.4 Å². The van der Waals surface area contributed by atoms with Crippen LogP contribution in [-0.2, 0) is 16.0 Å². The van der Waals surface area contributed by atoms with Gasteiger partial charge in [0.1, 0.15) is 0 Å². The molecule has 1 aromatic heterocycles. The highest BCUT2D eigenvalue weighted by atomic mass is 32.1. The van der Waals surface area contributed by atoms with Gasteiger partial charge in [0.15, 0.2) is 0 Å². The number of carboxylic acid groups (broad SMARTS) is 1. The van der Waals surface area contributed by atoms with Gasteiger partial charge >= 0.3 is 5.97 Å². The van der Waals surface area contributed by atoms with Gasteiger partial charge in [-0.25, -0.2) is 0 Å². The Hall–Kier alpha value is -0.910. The van der Waals surface area contributed by atoms with Crippen LogP contribution in [0.25, 0.3) is 0 Å². The topological polar surface area (TPSA) is 49.8 Å². The molecule has 1 aliphatic heterocycles. The molecule has 1 fully saturated rings. The summed E-state index contributed by atoms with van der Waals surface area (Å²) in [5, 5.41) is 11.4. The average Bonchev–Trinajstić information content (AvgIpc) is 3.05. The van der Waals surface area contributed by atoms with Gasteiger partial charge in [-0.15, -0.1) is 11.3 Å². The monoisotopic (exact) mass is 281 g/mol. The van der Waals surface area contributed by atoms with Crippen molar-refractivity contribution in [3.63, 3.8) is 0 Å². The minimum atomic E-state index is -0.740. The van der Waals surface area contributed by atoms with Crippen LogP contribution >= 0.6 is 11.3 Å². The third kappa shape index (κ3) is 2.30. The lowest BCUT2D eigenvalue weighted by Crippen LogP contribution is -2.43. The highest BCUT2D eigenvalue weighted by molar-refractivity contribution is 7.10. The van der Waals surface area contributed by atoms with Crippen LogP contribution in [0.3, 0.4) is 0 Å². The second-order valence-corrected chi connectivity index (χ2v) is 6.42. The van der Waals surface area contributed by atoms with Gasteiger partial charge in [-0.1, -0.05) is 0 Å². The summed E-state index contributed by atoms with van der Waals surface area (Å²) in [4.78, 5) is 15.0. The van der Waals surface area contributed by atoms with E-state index >= 15 is 0 Å². The summed E-state index contributed by atoms with van der Waals surface area (Å²) in [5.74, 6) is -1.13. The van der Waals surface area contributed by atoms with Gasteiger partial charge < -0.3 is 9.84 Å². The van der Waals surface area contributed by atoms with Gasteiger partial charge in [0.05, 0.1) is 19.1 Å². The number of aryl methyl sites for hydroxylation is 1. The molecular weight excluding hydrogens is 262 g/mol. The van der Waals surface area contributed by atoms with E-state index in [0.717, 1.165) is 6.42 Å². The fraction of sp³-hybridized carbons (Fsp3) is 0.643. The van der Waals surface area contributed by atoms with E-state index in [1.165, 1.54) is 23.3 Å². The fourth-order valence-corrected chi connectivity index (χ4v) is 4.28. The molecule has 4 nitrogen and oxygen atoms in total. The quantitative estimate of drug-likeness (QED) is 0.922. The molecule has 1 N–H and O–H groups in total. The molecule has 0 amide bonds. The smallest absolute Gasteiger partial charge is 0.310 e. The summed E-state index contributed by atoms with van der Waals surface area (Å²) < 4.78 is 5.39. The van der Waals surface area contributed by atoms with Crippen LogP contribution in [0.1, 0.15) is 29.3 Å². The molecule has 1 aromatic rings. The van der Waals surface area contributed by atoms with Crippen molar-refractivity contribution in [1.82, 2.24) is 4.90 Å². The Kier molecular flexibility index (Phi) is 3.60. The van der Waals surface area contributed by atoms with E-state index in [4.69, 9.17) is 4.74 Å². The number of hydrogen-bond donors (Lipinski definition) is 1. The van der Waals surface area contributed by atoms with Gasteiger partial charge in [-0.2, -0.15) is 0 Å². The predicted molar refractivity (Wildman–Crippen MR) is 73.5 cm³/mol. The van der Waals surface area contributed by atoms with Crippen molar-refractivity contribution in [2.45, 2.75) is 31.3 Å². The Morgan fingerprint density at radius 2 is 2.37 bits per heavy atom. The van der Waals surface area contributed by atoms with E-state index in [-0.39, 0.29) is 6.04 Å². The Bertz CT molecular complexity index is 473. The molecule has 0 bridgehead atoms. The van der Waals surface area contributed by atoms with Crippen LogP contribution in [0.5, 0.6) is 0 Å². The van der Waals surface area contributed by atoms with Crippen molar-refractivity contribution >= 4 is 17.3 Å². The summed E-state index contributed by atoms with van der Waals surface area (Å²) in [7, 11) is 2.05. The maximum Gasteiger partial charge on any atom is 0.310 e. The van der Waals surface area contributed by atoms with Crippen molar-refractivity contribution in [3.05, 3.63) is 21.9 Å². The molecule has 2 aliphatic rings. The summed E-state index contributed by atoms with van der Waals surface area (Å²) in [6, 6.07) is 2.54. The first-order valence-electron chi connectivity index (χ1n) is 6.77. The molecule has 1 aliphatic carbocycles. The van der Waals surface area contributed by atoms with E-state index in [1.54, 1.807) is 0 Å². The summed E-state index contributed by atoms with van der Waals surface area (Å²) in [6.45, 7) is 0.872. The molecule has 104 valence electrons. The SMILES string of the molecule is CN(C1CCCc2sccc21)C1COCC1C(=O)O. The van der Waals surface area contributed by atoms with Crippen LogP contribution in [0.4, 0.5) is 0 Å². The predicted octanol–water partition coefficient (Wildman–Crippen LogP) is 2.16. The molecular formula is C14H19NO3S. The van der Waals surface area contributed by atoms with Gasteiger partial charge in [-0.05, 0) is 43.3 Å². The molecule has 3 rings (SSSR count). The number of fused-ring (bicyclic) bond motifs is 1. The first-order chi connectivity index (χ1) is 9.18. The zero-order valence-electron chi connectivity index (χ0n) is 11.0. The van der Waals surface area contributed by atoms with Crippen molar-refractivity contribution in [2.75, 3.05) is 20.3 Å². The molecule has 0 aromatic carbocycles. The summed E-state index contributed by atoms with van der Waals surface area (Å²) >= 11 is 1.82.